The van der Waals surface area contributed by atoms with E-state index in [2.05, 4.69) is 15.6 Å². The van der Waals surface area contributed by atoms with Gasteiger partial charge in [-0.2, -0.15) is 0 Å². The zero-order chi connectivity index (χ0) is 13.9. The van der Waals surface area contributed by atoms with Crippen LogP contribution in [0, 0.1) is 0 Å². The highest BCUT2D eigenvalue weighted by atomic mass is 32.2. The van der Waals surface area contributed by atoms with E-state index in [9.17, 15) is 9.59 Å². The van der Waals surface area contributed by atoms with E-state index >= 15 is 0 Å². The van der Waals surface area contributed by atoms with Crippen molar-refractivity contribution in [2.45, 2.75) is 0 Å². The number of para-hydroxylation sites is 1. The fraction of sp³-hybridized carbons (Fsp3) is 0.0714. The summed E-state index contributed by atoms with van der Waals surface area (Å²) in [6.45, 7) is 0. The summed E-state index contributed by atoms with van der Waals surface area (Å²) in [6.07, 6.45) is 3.04. The first-order valence-corrected chi connectivity index (χ1v) is 6.99. The SMILES string of the molecule is O=C(NC1=CC(=O)SC1)Nc1cnc2ccccc2c1. The number of hydrogen-bond acceptors (Lipinski definition) is 4. The highest BCUT2D eigenvalue weighted by molar-refractivity contribution is 8.14. The van der Waals surface area contributed by atoms with Crippen LogP contribution >= 0.6 is 11.8 Å². The van der Waals surface area contributed by atoms with Gasteiger partial charge in [-0.3, -0.25) is 9.78 Å². The molecular formula is C14H11N3O2S. The van der Waals surface area contributed by atoms with Gasteiger partial charge in [-0.15, -0.1) is 0 Å². The van der Waals surface area contributed by atoms with Crippen molar-refractivity contribution in [1.82, 2.24) is 10.3 Å². The smallest absolute Gasteiger partial charge is 0.310 e. The van der Waals surface area contributed by atoms with Crippen molar-refractivity contribution in [1.29, 1.82) is 0 Å². The standard InChI is InChI=1S/C14H11N3O2S/c18-13-6-11(8-20-13)17-14(19)16-10-5-9-3-1-2-4-12(9)15-7-10/h1-7H,8H2,(H2,16,17,19). The second-order valence-electron chi connectivity index (χ2n) is 4.27. The minimum Gasteiger partial charge on any atom is -0.310 e. The number of urea groups is 1. The van der Waals surface area contributed by atoms with Gasteiger partial charge >= 0.3 is 6.03 Å². The van der Waals surface area contributed by atoms with Crippen LogP contribution in [0.5, 0.6) is 0 Å². The van der Waals surface area contributed by atoms with Gasteiger partial charge in [-0.25, -0.2) is 4.79 Å². The number of anilines is 1. The number of carbonyl (C=O) groups is 2. The Labute approximate surface area is 119 Å². The summed E-state index contributed by atoms with van der Waals surface area (Å²) < 4.78 is 0. The van der Waals surface area contributed by atoms with E-state index in [-0.39, 0.29) is 11.1 Å². The first kappa shape index (κ1) is 12.7. The molecule has 5 nitrogen and oxygen atoms in total. The fourth-order valence-electron chi connectivity index (χ4n) is 1.89. The number of hydrogen-bond donors (Lipinski definition) is 2. The summed E-state index contributed by atoms with van der Waals surface area (Å²) >= 11 is 1.17. The van der Waals surface area contributed by atoms with Crippen LogP contribution < -0.4 is 10.6 Å². The van der Waals surface area contributed by atoms with E-state index in [0.29, 0.717) is 17.1 Å². The van der Waals surface area contributed by atoms with Crippen molar-refractivity contribution in [3.8, 4) is 0 Å². The van der Waals surface area contributed by atoms with Gasteiger partial charge in [0.25, 0.3) is 0 Å². The van der Waals surface area contributed by atoms with Gasteiger partial charge in [0.05, 0.1) is 17.4 Å². The zero-order valence-electron chi connectivity index (χ0n) is 10.4. The van der Waals surface area contributed by atoms with Crippen LogP contribution in [0.2, 0.25) is 0 Å². The second kappa shape index (κ2) is 5.34. The van der Waals surface area contributed by atoms with Crippen LogP contribution in [0.1, 0.15) is 0 Å². The molecule has 2 amide bonds. The number of fused-ring (bicyclic) bond motifs is 1. The molecule has 0 unspecified atom stereocenters. The molecular weight excluding hydrogens is 274 g/mol. The third-order valence-electron chi connectivity index (χ3n) is 2.78. The van der Waals surface area contributed by atoms with E-state index in [0.717, 1.165) is 10.9 Å². The van der Waals surface area contributed by atoms with E-state index < -0.39 is 0 Å². The van der Waals surface area contributed by atoms with Gasteiger partial charge in [-0.1, -0.05) is 30.0 Å². The molecule has 0 spiro atoms. The third-order valence-corrected chi connectivity index (χ3v) is 3.64. The molecule has 2 N–H and O–H groups in total. The lowest BCUT2D eigenvalue weighted by molar-refractivity contribution is -0.106. The number of nitrogens with zero attached hydrogens (tertiary/aromatic N) is 1. The van der Waals surface area contributed by atoms with Gasteiger partial charge in [0.2, 0.25) is 5.12 Å². The van der Waals surface area contributed by atoms with Crippen molar-refractivity contribution in [3.63, 3.8) is 0 Å². The summed E-state index contributed by atoms with van der Waals surface area (Å²) in [7, 11) is 0. The molecule has 0 bridgehead atoms. The Morgan fingerprint density at radius 1 is 1.25 bits per heavy atom. The molecule has 1 aliphatic rings. The molecule has 1 aliphatic heterocycles. The minimum atomic E-state index is -0.372. The van der Waals surface area contributed by atoms with Crippen LogP contribution in [-0.2, 0) is 4.79 Å². The molecule has 0 saturated heterocycles. The summed E-state index contributed by atoms with van der Waals surface area (Å²) in [5, 5.41) is 6.27. The largest absolute Gasteiger partial charge is 0.323 e. The van der Waals surface area contributed by atoms with Crippen LogP contribution in [0.3, 0.4) is 0 Å². The number of carbonyl (C=O) groups excluding carboxylic acids is 2. The molecule has 100 valence electrons. The van der Waals surface area contributed by atoms with Crippen molar-refractivity contribution in [2.75, 3.05) is 11.1 Å². The van der Waals surface area contributed by atoms with Crippen LogP contribution in [-0.4, -0.2) is 21.9 Å². The first-order chi connectivity index (χ1) is 9.70. The molecule has 0 atom stereocenters. The molecule has 0 aliphatic carbocycles. The molecule has 0 fully saturated rings. The van der Waals surface area contributed by atoms with Gasteiger partial charge in [-0.05, 0) is 12.1 Å². The Balaban J connectivity index is 1.71. The molecule has 2 aromatic rings. The maximum Gasteiger partial charge on any atom is 0.323 e. The van der Waals surface area contributed by atoms with Gasteiger partial charge in [0.1, 0.15) is 0 Å². The highest BCUT2D eigenvalue weighted by Crippen LogP contribution is 2.18. The maximum absolute atomic E-state index is 11.8. The second-order valence-corrected chi connectivity index (χ2v) is 5.25. The van der Waals surface area contributed by atoms with E-state index in [1.165, 1.54) is 17.8 Å². The lowest BCUT2D eigenvalue weighted by atomic mass is 10.2. The maximum atomic E-state index is 11.8. The Morgan fingerprint density at radius 3 is 2.90 bits per heavy atom. The van der Waals surface area contributed by atoms with E-state index in [4.69, 9.17) is 0 Å². The number of rotatable bonds is 2. The normalized spacial score (nSPS) is 14.2. The van der Waals surface area contributed by atoms with Gasteiger partial charge in [0.15, 0.2) is 0 Å². The zero-order valence-corrected chi connectivity index (χ0v) is 11.2. The van der Waals surface area contributed by atoms with Crippen LogP contribution in [0.25, 0.3) is 10.9 Å². The predicted molar refractivity (Wildman–Crippen MR) is 79.4 cm³/mol. The number of thioether (sulfide) groups is 1. The van der Waals surface area contributed by atoms with Crippen molar-refractivity contribution in [3.05, 3.63) is 48.3 Å². The van der Waals surface area contributed by atoms with E-state index in [1.807, 2.05) is 30.3 Å². The number of amides is 2. The predicted octanol–water partition coefficient (Wildman–Crippen LogP) is 2.51. The summed E-state index contributed by atoms with van der Waals surface area (Å²) in [5.41, 5.74) is 2.10. The van der Waals surface area contributed by atoms with Gasteiger partial charge in [0, 0.05) is 22.9 Å². The Morgan fingerprint density at radius 2 is 2.10 bits per heavy atom. The fourth-order valence-corrected chi connectivity index (χ4v) is 2.57. The van der Waals surface area contributed by atoms with Crippen molar-refractivity contribution < 1.29 is 9.59 Å². The third kappa shape index (κ3) is 2.80. The molecule has 1 aromatic carbocycles. The number of aromatic nitrogens is 1. The molecule has 1 aromatic heterocycles. The summed E-state index contributed by atoms with van der Waals surface area (Å²) in [6, 6.07) is 9.15. The topological polar surface area (TPSA) is 71.1 Å². The number of benzene rings is 1. The molecule has 2 heterocycles. The van der Waals surface area contributed by atoms with Crippen molar-refractivity contribution >= 4 is 39.5 Å². The number of pyridine rings is 1. The summed E-state index contributed by atoms with van der Waals surface area (Å²) in [5.74, 6) is 0.502. The van der Waals surface area contributed by atoms with Crippen molar-refractivity contribution in [2.24, 2.45) is 0 Å². The average molecular weight is 285 g/mol. The average Bonchev–Trinajstić information content (AvgIpc) is 2.83. The lowest BCUT2D eigenvalue weighted by Crippen LogP contribution is -2.28. The lowest BCUT2D eigenvalue weighted by Gasteiger charge is -2.08. The monoisotopic (exact) mass is 285 g/mol. The molecule has 6 heteroatoms. The Kier molecular flexibility index (Phi) is 3.39. The highest BCUT2D eigenvalue weighted by Gasteiger charge is 2.14. The minimum absolute atomic E-state index is 0.0346. The van der Waals surface area contributed by atoms with Crippen LogP contribution in [0.15, 0.2) is 48.3 Å². The molecule has 0 radical (unpaired) electrons. The first-order valence-electron chi connectivity index (χ1n) is 6.01. The Hall–Kier alpha value is -2.34. The molecule has 0 saturated carbocycles. The quantitative estimate of drug-likeness (QED) is 0.889. The van der Waals surface area contributed by atoms with Crippen LogP contribution in [0.4, 0.5) is 10.5 Å². The van der Waals surface area contributed by atoms with Gasteiger partial charge < -0.3 is 10.6 Å². The summed E-state index contributed by atoms with van der Waals surface area (Å²) in [4.78, 5) is 27.1. The number of nitrogens with one attached hydrogen (secondary N) is 2. The molecule has 3 rings (SSSR count). The molecule has 20 heavy (non-hydrogen) atoms. The van der Waals surface area contributed by atoms with E-state index in [1.54, 1.807) is 6.20 Å². The Bertz CT molecular complexity index is 727.